The number of nitrogens with zero attached hydrogens (tertiary/aromatic N) is 2. The van der Waals surface area contributed by atoms with Crippen LogP contribution in [-0.4, -0.2) is 262 Å². The molecule has 15 atom stereocenters. The van der Waals surface area contributed by atoms with Gasteiger partial charge in [-0.3, -0.25) is 86.3 Å². The van der Waals surface area contributed by atoms with Crippen LogP contribution >= 0.6 is 12.6 Å². The van der Waals surface area contributed by atoms with Crippen molar-refractivity contribution in [2.24, 2.45) is 46.8 Å². The van der Waals surface area contributed by atoms with Crippen LogP contribution in [0.1, 0.15) is 150 Å². The van der Waals surface area contributed by atoms with Crippen molar-refractivity contribution in [1.82, 2.24) is 99.7 Å². The maximum atomic E-state index is 14.5. The van der Waals surface area contributed by atoms with Crippen LogP contribution in [0.15, 0.2) is 79.6 Å². The number of H-pyrrole nitrogens is 2. The number of hydrogen-bond donors (Lipinski definition) is 25. The SMILES string of the molecule is CC(C)C[C@H](NC(=O)[C@H](C)NC(=O)[C@H](CCC(=O)O)NC(=O)[C@@H](NC(=O)[C@H](CC(C)C)NC(=O)[C@H](Cc1cnc[nH]1)NC(=O)[C@H](CO)NC(=O)CNC(=O)[C@H](CS)NC(=O)[C@H](CC(C)C)NC(=O)[C@H](Cc1cnc[nH]1)NC(=O)[C@H](CCC(N)=O)NC(=O)[C@H](CC(N)=O)NC(=O)[C@@H](NC(=O)[C@@H](N)Cc1ccccc1)C(C)C)C(C)C)C(=O)N[C@@H](Cc1ccc(O)cc1)C(=O)O. The number of aromatic nitrogens is 4. The lowest BCUT2D eigenvalue weighted by Gasteiger charge is -2.29. The van der Waals surface area contributed by atoms with Crippen molar-refractivity contribution >= 4 is 125 Å². The van der Waals surface area contributed by atoms with E-state index in [1.165, 1.54) is 70.1 Å². The number of benzene rings is 2. The van der Waals surface area contributed by atoms with E-state index >= 15 is 0 Å². The highest BCUT2D eigenvalue weighted by Crippen LogP contribution is 2.18. The number of carbonyl (C=O) groups is 19. The predicted octanol–water partition coefficient (Wildman–Crippen LogP) is -5.18. The number of phenolic OH excluding ortho intramolecular Hbond substituents is 1. The molecule has 2 aromatic carbocycles. The molecule has 0 aliphatic rings. The maximum absolute atomic E-state index is 14.5. The minimum absolute atomic E-state index is 0.00815. The van der Waals surface area contributed by atoms with Crippen LogP contribution in [-0.2, 0) is 117 Å². The maximum Gasteiger partial charge on any atom is 0.326 e. The second-order valence-corrected chi connectivity index (χ2v) is 33.4. The van der Waals surface area contributed by atoms with E-state index in [0.717, 1.165) is 5.56 Å². The van der Waals surface area contributed by atoms with Gasteiger partial charge in [0.05, 0.1) is 38.3 Å². The van der Waals surface area contributed by atoms with Gasteiger partial charge in [-0.2, -0.15) is 12.6 Å². The smallest absolute Gasteiger partial charge is 0.326 e. The number of thiol groups is 1. The topological polar surface area (TPSA) is 721 Å². The number of aliphatic hydroxyl groups is 1. The molecule has 2 aromatic heterocycles. The van der Waals surface area contributed by atoms with Crippen molar-refractivity contribution in [3.8, 4) is 5.75 Å². The van der Waals surface area contributed by atoms with E-state index in [9.17, 15) is 112 Å². The summed E-state index contributed by atoms with van der Waals surface area (Å²) in [7, 11) is 0. The zero-order chi connectivity index (χ0) is 96.6. The Morgan fingerprint density at radius 2 is 0.783 bits per heavy atom. The van der Waals surface area contributed by atoms with Crippen LogP contribution in [0, 0.1) is 29.6 Å². The normalized spacial score (nSPS) is 14.8. The summed E-state index contributed by atoms with van der Waals surface area (Å²) < 4.78 is 0. The Labute approximate surface area is 750 Å². The van der Waals surface area contributed by atoms with E-state index in [2.05, 4.69) is 112 Å². The van der Waals surface area contributed by atoms with E-state index in [-0.39, 0.29) is 79.8 Å². The molecular formula is C83H124N22O23S. The van der Waals surface area contributed by atoms with Gasteiger partial charge >= 0.3 is 11.9 Å². The molecule has 17 amide bonds. The molecule has 0 aliphatic heterocycles. The Hall–Kier alpha value is -13.1. The number of aromatic amines is 2. The monoisotopic (exact) mass is 1830 g/mol. The number of primary amides is 2. The Morgan fingerprint density at radius 1 is 0.395 bits per heavy atom. The van der Waals surface area contributed by atoms with Gasteiger partial charge in [-0.1, -0.05) is 112 Å². The molecule has 710 valence electrons. The number of hydrogen-bond acceptors (Lipinski definition) is 25. The van der Waals surface area contributed by atoms with Crippen LogP contribution in [0.5, 0.6) is 5.75 Å². The molecule has 4 rings (SSSR count). The van der Waals surface area contributed by atoms with Crippen molar-refractivity contribution in [3.05, 3.63) is 102 Å². The van der Waals surface area contributed by atoms with Crippen LogP contribution in [0.25, 0.3) is 0 Å². The fourth-order valence-electron chi connectivity index (χ4n) is 12.9. The quantitative estimate of drug-likeness (QED) is 0.0184. The summed E-state index contributed by atoms with van der Waals surface area (Å²) in [5.74, 6) is -22.7. The number of nitrogens with one attached hydrogen (secondary N) is 17. The predicted molar refractivity (Wildman–Crippen MR) is 466 cm³/mol. The molecule has 0 spiro atoms. The van der Waals surface area contributed by atoms with E-state index in [4.69, 9.17) is 17.2 Å². The summed E-state index contributed by atoms with van der Waals surface area (Å²) in [4.78, 5) is 273. The van der Waals surface area contributed by atoms with E-state index in [1.807, 2.05) is 0 Å². The molecule has 129 heavy (non-hydrogen) atoms. The number of amides is 17. The first-order valence-corrected chi connectivity index (χ1v) is 42.6. The van der Waals surface area contributed by atoms with Gasteiger partial charge in [0.1, 0.15) is 90.3 Å². The Balaban J connectivity index is 1.46. The highest BCUT2D eigenvalue weighted by atomic mass is 32.1. The van der Waals surface area contributed by atoms with E-state index < -0.39 is 266 Å². The lowest BCUT2D eigenvalue weighted by atomic mass is 9.98. The fraction of sp³-hybridized carbons (Fsp3) is 0.554. The molecule has 0 saturated carbocycles. The molecule has 46 heteroatoms. The average Bonchev–Trinajstić information content (AvgIpc) is 1.84. The highest BCUT2D eigenvalue weighted by molar-refractivity contribution is 7.80. The van der Waals surface area contributed by atoms with Crippen molar-refractivity contribution in [3.63, 3.8) is 0 Å². The Morgan fingerprint density at radius 3 is 1.22 bits per heavy atom. The first-order chi connectivity index (χ1) is 60.7. The number of aliphatic hydroxyl groups excluding tert-OH is 1. The third-order valence-corrected chi connectivity index (χ3v) is 20.2. The molecule has 0 bridgehead atoms. The molecule has 2 heterocycles. The number of phenols is 1. The van der Waals surface area contributed by atoms with Crippen molar-refractivity contribution in [2.45, 2.75) is 244 Å². The van der Waals surface area contributed by atoms with Gasteiger partial charge in [0.25, 0.3) is 0 Å². The molecule has 27 N–H and O–H groups in total. The van der Waals surface area contributed by atoms with Crippen molar-refractivity contribution < 1.29 is 112 Å². The van der Waals surface area contributed by atoms with Crippen molar-refractivity contribution in [2.75, 3.05) is 18.9 Å². The molecule has 0 saturated heterocycles. The summed E-state index contributed by atoms with van der Waals surface area (Å²) in [6.07, 6.45) is 1.02. The van der Waals surface area contributed by atoms with Crippen LogP contribution < -0.4 is 97.0 Å². The van der Waals surface area contributed by atoms with Gasteiger partial charge < -0.3 is 127 Å². The number of carboxylic acid groups (broad SMARTS) is 2. The summed E-state index contributed by atoms with van der Waals surface area (Å²) in [6, 6.07) is -8.62. The third-order valence-electron chi connectivity index (χ3n) is 19.8. The van der Waals surface area contributed by atoms with Gasteiger partial charge in [-0.25, -0.2) is 14.8 Å². The first kappa shape index (κ1) is 108. The van der Waals surface area contributed by atoms with Crippen molar-refractivity contribution in [1.29, 1.82) is 0 Å². The number of aromatic hydroxyl groups is 1. The highest BCUT2D eigenvalue weighted by Gasteiger charge is 2.40. The van der Waals surface area contributed by atoms with Crippen LogP contribution in [0.2, 0.25) is 0 Å². The lowest BCUT2D eigenvalue weighted by molar-refractivity contribution is -0.142. The zero-order valence-electron chi connectivity index (χ0n) is 73.8. The summed E-state index contributed by atoms with van der Waals surface area (Å²) >= 11 is 4.24. The van der Waals surface area contributed by atoms with Gasteiger partial charge in [0.15, 0.2) is 0 Å². The summed E-state index contributed by atoms with van der Waals surface area (Å²) in [6.45, 7) is 15.7. The number of nitrogens with two attached hydrogens (primary N) is 3. The first-order valence-electron chi connectivity index (χ1n) is 42.0. The molecular weight excluding hydrogens is 1710 g/mol. The molecule has 0 unspecified atom stereocenters. The minimum Gasteiger partial charge on any atom is -0.508 e. The van der Waals surface area contributed by atoms with Crippen LogP contribution in [0.4, 0.5) is 0 Å². The number of carbonyl (C=O) groups excluding carboxylic acids is 17. The molecule has 45 nitrogen and oxygen atoms in total. The molecule has 0 fully saturated rings. The standard InChI is InChI=1S/C83H124N22O23S/c1-40(2)25-54(74(118)102-60(83(127)128)29-47-17-19-50(107)20-18-47)96-69(113)45(11)92-72(116)53(22-24-66(111)112)95-81(125)68(44(9)10)105-79(123)56(27-42(5)6)98-77(121)58(31-49-34-88-39-91-49)100-80(124)61(36-106)93-65(110)35-89-71(115)62(37-129)103-75(119)55(26-41(3)4)97-76(120)57(30-48-33-87-38-90-48)99-73(117)52(21-23-63(85)108)94-78(122)59(32-64(86)109)101-82(126)67(43(7)8)104-70(114)51(84)28-46-15-13-12-14-16-46/h12-20,33-34,38-45,51-62,67-68,106-107,129H,21-32,35-37,84H2,1-11H3,(H2,85,108)(H2,86,109)(H,87,90)(H,88,91)(H,89,115)(H,92,116)(H,93,110)(H,94,122)(H,95,125)(H,96,113)(H,97,120)(H,98,121)(H,99,117)(H,100,124)(H,101,126)(H,102,118)(H,103,119)(H,104,114)(H,105,123)(H,111,112)(H,127,128)/t45-,51-,52-,53-,54-,55-,56-,57-,58-,59-,60-,61-,62-,67-,68-/m0/s1. The van der Waals surface area contributed by atoms with Gasteiger partial charge in [0.2, 0.25) is 100 Å². The van der Waals surface area contributed by atoms with Gasteiger partial charge in [-0.15, -0.1) is 0 Å². The minimum atomic E-state index is -1.84. The van der Waals surface area contributed by atoms with Gasteiger partial charge in [0, 0.05) is 61.6 Å². The second-order valence-electron chi connectivity index (χ2n) is 33.1. The van der Waals surface area contributed by atoms with Gasteiger partial charge in [-0.05, 0) is 98.3 Å². The second kappa shape index (κ2) is 54.1. The number of rotatable bonds is 57. The zero-order valence-corrected chi connectivity index (χ0v) is 74.7. The molecule has 4 aromatic rings. The largest absolute Gasteiger partial charge is 0.508 e. The number of carboxylic acids is 2. The number of imidazole rings is 2. The summed E-state index contributed by atoms with van der Waals surface area (Å²) in [5, 5.41) is 76.7. The third kappa shape index (κ3) is 38.9. The Kier molecular flexibility index (Phi) is 45.4. The van der Waals surface area contributed by atoms with E-state index in [1.54, 1.807) is 85.7 Å². The van der Waals surface area contributed by atoms with E-state index in [0.29, 0.717) is 5.56 Å². The lowest BCUT2D eigenvalue weighted by Crippen LogP contribution is -2.61. The molecule has 0 aliphatic carbocycles. The number of aliphatic carboxylic acids is 2. The average molecular weight is 1830 g/mol. The van der Waals surface area contributed by atoms with Crippen LogP contribution in [0.3, 0.4) is 0 Å². The fourth-order valence-corrected chi connectivity index (χ4v) is 13.2. The molecule has 0 radical (unpaired) electrons. The Bertz CT molecular complexity index is 4460. The summed E-state index contributed by atoms with van der Waals surface area (Å²) in [5.41, 5.74) is 18.9.